The van der Waals surface area contributed by atoms with E-state index >= 15 is 0 Å². The Balaban J connectivity index is 2.39. The summed E-state index contributed by atoms with van der Waals surface area (Å²) in [5.41, 5.74) is 0.394. The van der Waals surface area contributed by atoms with E-state index in [9.17, 15) is 12.8 Å². The molecule has 0 spiro atoms. The number of aromatic nitrogens is 3. The van der Waals surface area contributed by atoms with Gasteiger partial charge >= 0.3 is 0 Å². The maximum atomic E-state index is 14.0. The highest BCUT2D eigenvalue weighted by atomic mass is 35.7. The van der Waals surface area contributed by atoms with Crippen molar-refractivity contribution in [1.82, 2.24) is 15.0 Å². The highest BCUT2D eigenvalue weighted by Gasteiger charge is 2.21. The standard InChI is InChI=1S/C12H7ClFN3O2S/c13-20(18,19)9-6-17-11-7(9)2-3-8(14)10(11)12-15-4-1-5-16-12/h1-6,17H. The van der Waals surface area contributed by atoms with Gasteiger partial charge in [-0.1, -0.05) is 0 Å². The molecular formula is C12H7ClFN3O2S. The predicted octanol–water partition coefficient (Wildman–Crippen LogP) is 2.69. The van der Waals surface area contributed by atoms with Crippen LogP contribution in [0.1, 0.15) is 0 Å². The molecule has 102 valence electrons. The molecule has 1 aromatic carbocycles. The van der Waals surface area contributed by atoms with Crippen LogP contribution < -0.4 is 0 Å². The lowest BCUT2D eigenvalue weighted by Gasteiger charge is -2.03. The summed E-state index contributed by atoms with van der Waals surface area (Å²) < 4.78 is 37.0. The fraction of sp³-hybridized carbons (Fsp3) is 0. The highest BCUT2D eigenvalue weighted by Crippen LogP contribution is 2.33. The van der Waals surface area contributed by atoms with Crippen LogP contribution in [0.15, 0.2) is 41.7 Å². The summed E-state index contributed by atoms with van der Waals surface area (Å²) in [4.78, 5) is 10.6. The van der Waals surface area contributed by atoms with Crippen LogP contribution in [0.3, 0.4) is 0 Å². The van der Waals surface area contributed by atoms with Crippen molar-refractivity contribution >= 4 is 30.6 Å². The molecule has 0 fully saturated rings. The van der Waals surface area contributed by atoms with Crippen LogP contribution in [-0.2, 0) is 9.05 Å². The van der Waals surface area contributed by atoms with Crippen LogP contribution in [-0.4, -0.2) is 23.4 Å². The molecule has 8 heteroatoms. The quantitative estimate of drug-likeness (QED) is 0.738. The maximum Gasteiger partial charge on any atom is 0.263 e. The molecule has 5 nitrogen and oxygen atoms in total. The number of halogens is 2. The van der Waals surface area contributed by atoms with Crippen LogP contribution in [0.4, 0.5) is 4.39 Å². The molecule has 3 rings (SSSR count). The Labute approximate surface area is 117 Å². The summed E-state index contributed by atoms with van der Waals surface area (Å²) in [6.07, 6.45) is 4.17. The SMILES string of the molecule is O=S(=O)(Cl)c1c[nH]c2c(-c3ncccn3)c(F)ccc12. The number of nitrogens with zero attached hydrogens (tertiary/aromatic N) is 2. The van der Waals surface area contributed by atoms with Crippen molar-refractivity contribution in [2.24, 2.45) is 0 Å². The lowest BCUT2D eigenvalue weighted by atomic mass is 10.1. The van der Waals surface area contributed by atoms with Crippen molar-refractivity contribution in [1.29, 1.82) is 0 Å². The number of rotatable bonds is 2. The molecule has 20 heavy (non-hydrogen) atoms. The minimum absolute atomic E-state index is 0.105. The third-order valence-electron chi connectivity index (χ3n) is 2.82. The smallest absolute Gasteiger partial charge is 0.263 e. The number of benzene rings is 1. The highest BCUT2D eigenvalue weighted by molar-refractivity contribution is 8.14. The van der Waals surface area contributed by atoms with Gasteiger partial charge in [-0.2, -0.15) is 0 Å². The van der Waals surface area contributed by atoms with Crippen LogP contribution in [0.2, 0.25) is 0 Å². The molecule has 0 aliphatic rings. The summed E-state index contributed by atoms with van der Waals surface area (Å²) in [7, 11) is 1.42. The fourth-order valence-electron chi connectivity index (χ4n) is 2.00. The van der Waals surface area contributed by atoms with Gasteiger partial charge in [0.15, 0.2) is 5.82 Å². The zero-order valence-electron chi connectivity index (χ0n) is 9.84. The monoisotopic (exact) mass is 311 g/mol. The Morgan fingerprint density at radius 2 is 1.90 bits per heavy atom. The van der Waals surface area contributed by atoms with Crippen LogP contribution >= 0.6 is 10.7 Å². The van der Waals surface area contributed by atoms with E-state index in [0.717, 1.165) is 6.07 Å². The molecule has 0 atom stereocenters. The second kappa shape index (κ2) is 4.53. The predicted molar refractivity (Wildman–Crippen MR) is 72.3 cm³/mol. The van der Waals surface area contributed by atoms with E-state index in [4.69, 9.17) is 10.7 Å². The van der Waals surface area contributed by atoms with Crippen molar-refractivity contribution < 1.29 is 12.8 Å². The van der Waals surface area contributed by atoms with Gasteiger partial charge in [0, 0.05) is 34.7 Å². The number of fused-ring (bicyclic) bond motifs is 1. The maximum absolute atomic E-state index is 14.0. The molecule has 1 N–H and O–H groups in total. The van der Waals surface area contributed by atoms with E-state index in [1.165, 1.54) is 24.7 Å². The van der Waals surface area contributed by atoms with Gasteiger partial charge in [-0.3, -0.25) is 0 Å². The summed E-state index contributed by atoms with van der Waals surface area (Å²) in [6.45, 7) is 0. The average molecular weight is 312 g/mol. The molecule has 0 saturated carbocycles. The van der Waals surface area contributed by atoms with E-state index in [1.807, 2.05) is 0 Å². The molecule has 0 amide bonds. The van der Waals surface area contributed by atoms with E-state index in [1.54, 1.807) is 6.07 Å². The molecule has 0 unspecified atom stereocenters. The number of nitrogens with one attached hydrogen (secondary N) is 1. The Morgan fingerprint density at radius 1 is 1.20 bits per heavy atom. The van der Waals surface area contributed by atoms with Gasteiger partial charge in [0.1, 0.15) is 10.7 Å². The zero-order valence-corrected chi connectivity index (χ0v) is 11.4. The van der Waals surface area contributed by atoms with Crippen molar-refractivity contribution in [2.75, 3.05) is 0 Å². The van der Waals surface area contributed by atoms with Crippen molar-refractivity contribution in [3.05, 3.63) is 42.6 Å². The van der Waals surface area contributed by atoms with E-state index in [2.05, 4.69) is 15.0 Å². The van der Waals surface area contributed by atoms with Gasteiger partial charge in [0.25, 0.3) is 9.05 Å². The van der Waals surface area contributed by atoms with Gasteiger partial charge in [0.2, 0.25) is 0 Å². The van der Waals surface area contributed by atoms with Gasteiger partial charge in [-0.25, -0.2) is 22.8 Å². The van der Waals surface area contributed by atoms with E-state index < -0.39 is 14.9 Å². The molecular weight excluding hydrogens is 305 g/mol. The molecule has 0 aliphatic heterocycles. The summed E-state index contributed by atoms with van der Waals surface area (Å²) in [5.74, 6) is -0.389. The number of H-pyrrole nitrogens is 1. The minimum Gasteiger partial charge on any atom is -0.359 e. The van der Waals surface area contributed by atoms with Gasteiger partial charge in [-0.15, -0.1) is 0 Å². The largest absolute Gasteiger partial charge is 0.359 e. The Morgan fingerprint density at radius 3 is 2.55 bits per heavy atom. The Kier molecular flexibility index (Phi) is 2.95. The summed E-state index contributed by atoms with van der Waals surface area (Å²) in [6, 6.07) is 4.11. The van der Waals surface area contributed by atoms with Crippen LogP contribution in [0.25, 0.3) is 22.3 Å². The molecule has 2 heterocycles. The lowest BCUT2D eigenvalue weighted by molar-refractivity contribution is 0.610. The van der Waals surface area contributed by atoms with Gasteiger partial charge in [-0.05, 0) is 18.2 Å². The average Bonchev–Trinajstić information content (AvgIpc) is 2.83. The number of aromatic amines is 1. The first-order valence-corrected chi connectivity index (χ1v) is 7.81. The molecule has 0 radical (unpaired) electrons. The van der Waals surface area contributed by atoms with Gasteiger partial charge < -0.3 is 4.98 Å². The minimum atomic E-state index is -3.92. The second-order valence-electron chi connectivity index (χ2n) is 4.01. The third-order valence-corrected chi connectivity index (χ3v) is 4.18. The Bertz CT molecular complexity index is 894. The molecule has 0 bridgehead atoms. The first kappa shape index (κ1) is 13.0. The normalized spacial score (nSPS) is 11.9. The number of hydrogen-bond acceptors (Lipinski definition) is 4. The first-order valence-electron chi connectivity index (χ1n) is 5.50. The molecule has 3 aromatic rings. The Hall–Kier alpha value is -1.99. The van der Waals surface area contributed by atoms with Crippen LogP contribution in [0, 0.1) is 5.82 Å². The molecule has 0 saturated heterocycles. The fourth-order valence-corrected chi connectivity index (χ4v) is 3.01. The third kappa shape index (κ3) is 2.04. The topological polar surface area (TPSA) is 75.7 Å². The second-order valence-corrected chi connectivity index (χ2v) is 6.54. The molecule has 2 aromatic heterocycles. The first-order chi connectivity index (χ1) is 9.48. The lowest BCUT2D eigenvalue weighted by Crippen LogP contribution is -1.93. The summed E-state index contributed by atoms with van der Waals surface area (Å²) in [5, 5.41) is 0.295. The van der Waals surface area contributed by atoms with Crippen molar-refractivity contribution in [3.8, 4) is 11.4 Å². The number of hydrogen-bond donors (Lipinski definition) is 1. The van der Waals surface area contributed by atoms with Gasteiger partial charge in [0.05, 0.1) is 11.1 Å². The van der Waals surface area contributed by atoms with Crippen molar-refractivity contribution in [3.63, 3.8) is 0 Å². The zero-order chi connectivity index (χ0) is 14.3. The summed E-state index contributed by atoms with van der Waals surface area (Å²) >= 11 is 0. The van der Waals surface area contributed by atoms with E-state index in [-0.39, 0.29) is 21.8 Å². The van der Waals surface area contributed by atoms with E-state index in [0.29, 0.717) is 5.39 Å². The van der Waals surface area contributed by atoms with Crippen molar-refractivity contribution in [2.45, 2.75) is 4.90 Å². The van der Waals surface area contributed by atoms with Crippen LogP contribution in [0.5, 0.6) is 0 Å². The molecule has 0 aliphatic carbocycles.